The molecule has 6 nitrogen and oxygen atoms in total. The van der Waals surface area contributed by atoms with Gasteiger partial charge in [0, 0.05) is 0 Å². The molecular weight excluding hydrogens is 445 g/mol. The fraction of sp³-hybridized carbons (Fsp3) is 0.143. The van der Waals surface area contributed by atoms with Gasteiger partial charge in [-0.2, -0.15) is 0 Å². The summed E-state index contributed by atoms with van der Waals surface area (Å²) in [4.78, 5) is 28.3. The van der Waals surface area contributed by atoms with Gasteiger partial charge in [-0.3, -0.25) is 14.5 Å². The van der Waals surface area contributed by atoms with E-state index >= 15 is 0 Å². The number of aryl methyl sites for hydroxylation is 2. The topological polar surface area (TPSA) is 76.3 Å². The third-order valence-corrected chi connectivity index (χ3v) is 6.58. The summed E-state index contributed by atoms with van der Waals surface area (Å²) in [5.41, 5.74) is 1.90. The number of benzene rings is 2. The number of hydrogen-bond acceptors (Lipinski definition) is 6. The molecule has 0 spiro atoms. The summed E-state index contributed by atoms with van der Waals surface area (Å²) >= 11 is 13.6. The largest absolute Gasteiger partial charge is 0.450 e. The minimum Gasteiger partial charge on any atom is -0.450 e. The first-order valence-corrected chi connectivity index (χ1v) is 10.6. The molecular formula is C21H13Cl2N3O3S. The Bertz CT molecular complexity index is 1410. The number of anilines is 1. The number of nitrogens with zero attached hydrogens (tertiary/aromatic N) is 3. The number of halogens is 2. The molecule has 1 aliphatic rings. The molecule has 0 bridgehead atoms. The Kier molecular flexibility index (Phi) is 4.43. The van der Waals surface area contributed by atoms with Gasteiger partial charge in [0.15, 0.2) is 5.43 Å². The zero-order chi connectivity index (χ0) is 21.2. The zero-order valence-electron chi connectivity index (χ0n) is 15.8. The van der Waals surface area contributed by atoms with Crippen molar-refractivity contribution < 1.29 is 9.21 Å². The van der Waals surface area contributed by atoms with E-state index in [2.05, 4.69) is 10.2 Å². The molecule has 0 unspecified atom stereocenters. The second-order valence-corrected chi connectivity index (χ2v) is 9.00. The van der Waals surface area contributed by atoms with Crippen LogP contribution in [-0.2, 0) is 0 Å². The van der Waals surface area contributed by atoms with E-state index in [1.165, 1.54) is 16.2 Å². The standard InChI is InChI=1S/C21H13Cl2N3O3S/c1-9-3-6-15-12(7-9)18(27)16-17(11-4-5-13(22)14(23)8-11)26(20(28)19(16)29-15)21-25-24-10(2)30-21/h3-8,17H,1-2H3/t17-/m1/s1. The number of carbonyl (C=O) groups is 1. The fourth-order valence-corrected chi connectivity index (χ4v) is 4.69. The molecule has 0 aliphatic carbocycles. The number of amides is 1. The van der Waals surface area contributed by atoms with E-state index in [1.54, 1.807) is 37.3 Å². The number of hydrogen-bond donors (Lipinski definition) is 0. The maximum atomic E-state index is 13.5. The van der Waals surface area contributed by atoms with Crippen molar-refractivity contribution in [3.05, 3.63) is 84.1 Å². The van der Waals surface area contributed by atoms with E-state index in [9.17, 15) is 9.59 Å². The van der Waals surface area contributed by atoms with Gasteiger partial charge < -0.3 is 4.42 Å². The average molecular weight is 458 g/mol. The second-order valence-electron chi connectivity index (χ2n) is 7.03. The molecule has 5 rings (SSSR count). The van der Waals surface area contributed by atoms with Crippen LogP contribution in [0.4, 0.5) is 5.13 Å². The smallest absolute Gasteiger partial charge is 0.297 e. The molecule has 0 saturated carbocycles. The lowest BCUT2D eigenvalue weighted by atomic mass is 9.98. The van der Waals surface area contributed by atoms with Gasteiger partial charge in [0.25, 0.3) is 5.91 Å². The molecule has 1 atom stereocenters. The Morgan fingerprint density at radius 1 is 1.03 bits per heavy atom. The predicted molar refractivity (Wildman–Crippen MR) is 117 cm³/mol. The second kappa shape index (κ2) is 6.91. The summed E-state index contributed by atoms with van der Waals surface area (Å²) in [5.74, 6) is -0.447. The Labute approximate surface area is 184 Å². The Morgan fingerprint density at radius 2 is 1.83 bits per heavy atom. The SMILES string of the molecule is Cc1ccc2oc3c(c(=O)c2c1)[C@@H](c1ccc(Cl)c(Cl)c1)N(c1nnc(C)s1)C3=O. The highest BCUT2D eigenvalue weighted by Crippen LogP contribution is 2.43. The van der Waals surface area contributed by atoms with Gasteiger partial charge >= 0.3 is 0 Å². The number of aromatic nitrogens is 2. The molecule has 1 aliphatic heterocycles. The number of fused-ring (bicyclic) bond motifs is 2. The summed E-state index contributed by atoms with van der Waals surface area (Å²) in [7, 11) is 0. The predicted octanol–water partition coefficient (Wildman–Crippen LogP) is 5.32. The van der Waals surface area contributed by atoms with Crippen LogP contribution in [0.5, 0.6) is 0 Å². The summed E-state index contributed by atoms with van der Waals surface area (Å²) in [6, 6.07) is 9.56. The van der Waals surface area contributed by atoms with E-state index < -0.39 is 11.9 Å². The Hall–Kier alpha value is -2.74. The van der Waals surface area contributed by atoms with Crippen LogP contribution >= 0.6 is 34.5 Å². The van der Waals surface area contributed by atoms with Crippen LogP contribution in [0.25, 0.3) is 11.0 Å². The highest BCUT2D eigenvalue weighted by molar-refractivity contribution is 7.15. The first kappa shape index (κ1) is 19.2. The van der Waals surface area contributed by atoms with Crippen LogP contribution in [0.15, 0.2) is 45.6 Å². The van der Waals surface area contributed by atoms with Crippen molar-refractivity contribution >= 4 is 56.5 Å². The van der Waals surface area contributed by atoms with E-state index in [0.717, 1.165) is 5.56 Å². The van der Waals surface area contributed by atoms with E-state index in [1.807, 2.05) is 13.0 Å². The maximum absolute atomic E-state index is 13.5. The van der Waals surface area contributed by atoms with Crippen molar-refractivity contribution in [2.75, 3.05) is 4.90 Å². The van der Waals surface area contributed by atoms with Crippen molar-refractivity contribution in [3.8, 4) is 0 Å². The molecule has 0 fully saturated rings. The monoisotopic (exact) mass is 457 g/mol. The molecule has 0 N–H and O–H groups in total. The van der Waals surface area contributed by atoms with Gasteiger partial charge in [0.1, 0.15) is 10.6 Å². The molecule has 30 heavy (non-hydrogen) atoms. The van der Waals surface area contributed by atoms with Crippen LogP contribution in [0.2, 0.25) is 10.0 Å². The van der Waals surface area contributed by atoms with Crippen LogP contribution in [0.3, 0.4) is 0 Å². The number of carbonyl (C=O) groups excluding carboxylic acids is 1. The van der Waals surface area contributed by atoms with Crippen LogP contribution in [0.1, 0.15) is 38.3 Å². The lowest BCUT2D eigenvalue weighted by Gasteiger charge is -2.22. The third-order valence-electron chi connectivity index (χ3n) is 5.01. The third kappa shape index (κ3) is 2.85. The zero-order valence-corrected chi connectivity index (χ0v) is 18.1. The molecule has 1 amide bonds. The summed E-state index contributed by atoms with van der Waals surface area (Å²) < 4.78 is 5.92. The normalized spacial score (nSPS) is 15.8. The highest BCUT2D eigenvalue weighted by Gasteiger charge is 2.45. The molecule has 4 aromatic rings. The lowest BCUT2D eigenvalue weighted by Crippen LogP contribution is -2.29. The molecule has 150 valence electrons. The minimum absolute atomic E-state index is 0.000258. The molecule has 0 radical (unpaired) electrons. The first-order valence-electron chi connectivity index (χ1n) is 9.01. The summed E-state index contributed by atoms with van der Waals surface area (Å²) in [5, 5.41) is 10.3. The molecule has 3 heterocycles. The van der Waals surface area contributed by atoms with Crippen molar-refractivity contribution in [1.29, 1.82) is 0 Å². The minimum atomic E-state index is -0.754. The first-order chi connectivity index (χ1) is 14.3. The van der Waals surface area contributed by atoms with Gasteiger partial charge in [0.2, 0.25) is 10.9 Å². The van der Waals surface area contributed by atoms with Gasteiger partial charge in [-0.05, 0) is 43.7 Å². The summed E-state index contributed by atoms with van der Waals surface area (Å²) in [6.45, 7) is 3.69. The van der Waals surface area contributed by atoms with Gasteiger partial charge in [-0.1, -0.05) is 52.2 Å². The molecule has 2 aromatic carbocycles. The highest BCUT2D eigenvalue weighted by atomic mass is 35.5. The van der Waals surface area contributed by atoms with E-state index in [4.69, 9.17) is 27.6 Å². The van der Waals surface area contributed by atoms with Gasteiger partial charge in [0.05, 0.1) is 27.0 Å². The van der Waals surface area contributed by atoms with Gasteiger partial charge in [-0.15, -0.1) is 10.2 Å². The quantitative estimate of drug-likeness (QED) is 0.407. The van der Waals surface area contributed by atoms with E-state index in [0.29, 0.717) is 36.7 Å². The van der Waals surface area contributed by atoms with Crippen molar-refractivity contribution in [2.45, 2.75) is 19.9 Å². The van der Waals surface area contributed by atoms with Crippen LogP contribution < -0.4 is 10.3 Å². The molecule has 2 aromatic heterocycles. The number of rotatable bonds is 2. The van der Waals surface area contributed by atoms with Crippen LogP contribution in [0, 0.1) is 13.8 Å². The Balaban J connectivity index is 1.84. The fourth-order valence-electron chi connectivity index (χ4n) is 3.67. The maximum Gasteiger partial charge on any atom is 0.297 e. The van der Waals surface area contributed by atoms with Crippen molar-refractivity contribution in [2.24, 2.45) is 0 Å². The van der Waals surface area contributed by atoms with Crippen molar-refractivity contribution in [3.63, 3.8) is 0 Å². The molecule has 0 saturated heterocycles. The lowest BCUT2D eigenvalue weighted by molar-refractivity contribution is 0.0970. The van der Waals surface area contributed by atoms with Gasteiger partial charge in [-0.25, -0.2) is 0 Å². The van der Waals surface area contributed by atoms with E-state index in [-0.39, 0.29) is 16.8 Å². The Morgan fingerprint density at radius 3 is 2.53 bits per heavy atom. The van der Waals surface area contributed by atoms with Crippen molar-refractivity contribution in [1.82, 2.24) is 10.2 Å². The molecule has 9 heteroatoms. The average Bonchev–Trinajstić information content (AvgIpc) is 3.26. The van der Waals surface area contributed by atoms with Crippen LogP contribution in [-0.4, -0.2) is 16.1 Å². The summed E-state index contributed by atoms with van der Waals surface area (Å²) in [6.07, 6.45) is 0.